The molecule has 26 heavy (non-hydrogen) atoms. The van der Waals surface area contributed by atoms with Gasteiger partial charge in [0.1, 0.15) is 0 Å². The Balaban J connectivity index is 1.61. The van der Waals surface area contributed by atoms with E-state index in [4.69, 9.17) is 4.74 Å². The number of aromatic amines is 1. The molecule has 0 bridgehead atoms. The maximum absolute atomic E-state index is 14.0. The Hall–Kier alpha value is -3.22. The zero-order chi connectivity index (χ0) is 18.1. The number of nitrogens with zero attached hydrogens (tertiary/aromatic N) is 3. The van der Waals surface area contributed by atoms with Crippen LogP contribution in [0.5, 0.6) is 5.75 Å². The molecule has 0 fully saturated rings. The van der Waals surface area contributed by atoms with Gasteiger partial charge in [-0.1, -0.05) is 6.07 Å². The maximum Gasteiger partial charge on any atom is 0.227 e. The average Bonchev–Trinajstić information content (AvgIpc) is 3.05. The number of aromatic nitrogens is 3. The first-order chi connectivity index (χ1) is 12.7. The van der Waals surface area contributed by atoms with Crippen LogP contribution >= 0.6 is 0 Å². The number of carbonyl (C=O) groups is 1. The van der Waals surface area contributed by atoms with Crippen molar-refractivity contribution in [1.82, 2.24) is 20.1 Å². The van der Waals surface area contributed by atoms with Crippen LogP contribution in [-0.4, -0.2) is 33.1 Å². The van der Waals surface area contributed by atoms with Crippen LogP contribution in [0.25, 0.3) is 11.3 Å². The Morgan fingerprint density at radius 1 is 1.31 bits per heavy atom. The Kier molecular flexibility index (Phi) is 4.12. The molecule has 0 aliphatic carbocycles. The van der Waals surface area contributed by atoms with Crippen molar-refractivity contribution in [3.8, 4) is 17.0 Å². The first kappa shape index (κ1) is 16.3. The lowest BCUT2D eigenvalue weighted by Gasteiger charge is -2.26. The standard InChI is InChI=1S/C19H17FN4O2/c1-26-17-6-5-12(8-15(17)20)19-14-9-18(25)24(11-16(14)22-23-19)10-13-4-2-3-7-21-13/h2-8H,9-11H2,1H3,(H,22,23). The van der Waals surface area contributed by atoms with Gasteiger partial charge >= 0.3 is 0 Å². The van der Waals surface area contributed by atoms with Crippen molar-refractivity contribution < 1.29 is 13.9 Å². The van der Waals surface area contributed by atoms with E-state index in [2.05, 4.69) is 15.2 Å². The van der Waals surface area contributed by atoms with Crippen molar-refractivity contribution in [2.45, 2.75) is 19.5 Å². The number of benzene rings is 1. The third kappa shape index (κ3) is 2.92. The number of hydrogen-bond donors (Lipinski definition) is 1. The molecule has 4 rings (SSSR count). The highest BCUT2D eigenvalue weighted by atomic mass is 19.1. The highest BCUT2D eigenvalue weighted by Crippen LogP contribution is 2.31. The minimum absolute atomic E-state index is 0.000198. The number of amides is 1. The fourth-order valence-electron chi connectivity index (χ4n) is 3.15. The van der Waals surface area contributed by atoms with Crippen LogP contribution < -0.4 is 4.74 Å². The molecular weight excluding hydrogens is 335 g/mol. The molecule has 3 heterocycles. The second kappa shape index (κ2) is 6.59. The van der Waals surface area contributed by atoms with E-state index in [1.807, 2.05) is 18.2 Å². The molecule has 7 heteroatoms. The number of nitrogens with one attached hydrogen (secondary N) is 1. The van der Waals surface area contributed by atoms with Gasteiger partial charge in [-0.3, -0.25) is 14.9 Å². The predicted octanol–water partition coefficient (Wildman–Crippen LogP) is 2.70. The molecule has 132 valence electrons. The number of rotatable bonds is 4. The predicted molar refractivity (Wildman–Crippen MR) is 92.7 cm³/mol. The third-order valence-corrected chi connectivity index (χ3v) is 4.49. The van der Waals surface area contributed by atoms with Gasteiger partial charge in [0, 0.05) is 17.3 Å². The van der Waals surface area contributed by atoms with Crippen molar-refractivity contribution in [3.05, 3.63) is 65.4 Å². The lowest BCUT2D eigenvalue weighted by Crippen LogP contribution is -2.35. The topological polar surface area (TPSA) is 71.1 Å². The summed E-state index contributed by atoms with van der Waals surface area (Å²) < 4.78 is 19.0. The van der Waals surface area contributed by atoms with E-state index in [-0.39, 0.29) is 18.1 Å². The summed E-state index contributed by atoms with van der Waals surface area (Å²) in [6.45, 7) is 0.876. The van der Waals surface area contributed by atoms with E-state index in [1.54, 1.807) is 23.2 Å². The molecule has 1 N–H and O–H groups in total. The molecule has 1 aromatic carbocycles. The van der Waals surface area contributed by atoms with Crippen LogP contribution in [0.15, 0.2) is 42.6 Å². The molecular formula is C19H17FN4O2. The van der Waals surface area contributed by atoms with Gasteiger partial charge in [-0.15, -0.1) is 0 Å². The second-order valence-corrected chi connectivity index (χ2v) is 6.13. The van der Waals surface area contributed by atoms with Crippen molar-refractivity contribution in [1.29, 1.82) is 0 Å². The molecule has 3 aromatic rings. The lowest BCUT2D eigenvalue weighted by atomic mass is 9.99. The molecule has 1 aliphatic heterocycles. The van der Waals surface area contributed by atoms with Gasteiger partial charge in [0.15, 0.2) is 11.6 Å². The smallest absolute Gasteiger partial charge is 0.227 e. The van der Waals surface area contributed by atoms with Crippen LogP contribution in [0.1, 0.15) is 17.0 Å². The SMILES string of the molecule is COc1ccc(-c2n[nH]c3c2CC(=O)N(Cc2ccccn2)C3)cc1F. The normalized spacial score (nSPS) is 13.6. The first-order valence-corrected chi connectivity index (χ1v) is 8.23. The minimum Gasteiger partial charge on any atom is -0.494 e. The number of ether oxygens (including phenoxy) is 1. The van der Waals surface area contributed by atoms with E-state index in [9.17, 15) is 9.18 Å². The van der Waals surface area contributed by atoms with E-state index in [0.717, 1.165) is 17.0 Å². The number of carbonyl (C=O) groups excluding carboxylic acids is 1. The third-order valence-electron chi connectivity index (χ3n) is 4.49. The number of H-pyrrole nitrogens is 1. The fourth-order valence-corrected chi connectivity index (χ4v) is 3.15. The molecule has 2 aromatic heterocycles. The summed E-state index contributed by atoms with van der Waals surface area (Å²) in [5.41, 5.74) is 3.74. The molecule has 0 saturated heterocycles. The number of halogens is 1. The van der Waals surface area contributed by atoms with Gasteiger partial charge in [0.25, 0.3) is 0 Å². The van der Waals surface area contributed by atoms with Gasteiger partial charge in [-0.2, -0.15) is 5.10 Å². The number of methoxy groups -OCH3 is 1. The van der Waals surface area contributed by atoms with Crippen LogP contribution in [0, 0.1) is 5.82 Å². The Morgan fingerprint density at radius 2 is 2.19 bits per heavy atom. The summed E-state index contributed by atoms with van der Waals surface area (Å²) in [6, 6.07) is 10.3. The summed E-state index contributed by atoms with van der Waals surface area (Å²) in [5, 5.41) is 7.30. The Morgan fingerprint density at radius 3 is 2.92 bits per heavy atom. The summed E-state index contributed by atoms with van der Waals surface area (Å²) in [4.78, 5) is 18.6. The summed E-state index contributed by atoms with van der Waals surface area (Å²) in [5.74, 6) is -0.281. The fraction of sp³-hybridized carbons (Fsp3) is 0.211. The summed E-state index contributed by atoms with van der Waals surface area (Å²) in [7, 11) is 1.42. The Bertz CT molecular complexity index is 955. The molecule has 0 radical (unpaired) electrons. The molecule has 1 aliphatic rings. The first-order valence-electron chi connectivity index (χ1n) is 8.23. The van der Waals surface area contributed by atoms with Crippen molar-refractivity contribution in [2.24, 2.45) is 0 Å². The highest BCUT2D eigenvalue weighted by Gasteiger charge is 2.28. The maximum atomic E-state index is 14.0. The van der Waals surface area contributed by atoms with Crippen LogP contribution in [0.4, 0.5) is 4.39 Å². The summed E-state index contributed by atoms with van der Waals surface area (Å²) >= 11 is 0. The lowest BCUT2D eigenvalue weighted by molar-refractivity contribution is -0.132. The quantitative estimate of drug-likeness (QED) is 0.784. The van der Waals surface area contributed by atoms with E-state index in [0.29, 0.717) is 24.3 Å². The number of hydrogen-bond acceptors (Lipinski definition) is 4. The van der Waals surface area contributed by atoms with Crippen molar-refractivity contribution in [2.75, 3.05) is 7.11 Å². The monoisotopic (exact) mass is 352 g/mol. The zero-order valence-corrected chi connectivity index (χ0v) is 14.2. The molecule has 0 unspecified atom stereocenters. The molecule has 0 atom stereocenters. The highest BCUT2D eigenvalue weighted by molar-refractivity contribution is 5.83. The molecule has 0 spiro atoms. The van der Waals surface area contributed by atoms with E-state index in [1.165, 1.54) is 13.2 Å². The minimum atomic E-state index is -0.458. The van der Waals surface area contributed by atoms with Gasteiger partial charge in [-0.25, -0.2) is 4.39 Å². The number of fused-ring (bicyclic) bond motifs is 1. The van der Waals surface area contributed by atoms with Gasteiger partial charge in [0.05, 0.1) is 43.7 Å². The molecule has 6 nitrogen and oxygen atoms in total. The molecule has 0 saturated carbocycles. The average molecular weight is 352 g/mol. The zero-order valence-electron chi connectivity index (χ0n) is 14.2. The van der Waals surface area contributed by atoms with Crippen LogP contribution in [0.2, 0.25) is 0 Å². The van der Waals surface area contributed by atoms with Crippen molar-refractivity contribution >= 4 is 5.91 Å². The van der Waals surface area contributed by atoms with Gasteiger partial charge in [-0.05, 0) is 30.3 Å². The summed E-state index contributed by atoms with van der Waals surface area (Å²) in [6.07, 6.45) is 1.93. The Labute approximate surface area is 149 Å². The van der Waals surface area contributed by atoms with E-state index >= 15 is 0 Å². The van der Waals surface area contributed by atoms with E-state index < -0.39 is 5.82 Å². The number of pyridine rings is 1. The van der Waals surface area contributed by atoms with Crippen LogP contribution in [0.3, 0.4) is 0 Å². The second-order valence-electron chi connectivity index (χ2n) is 6.13. The largest absolute Gasteiger partial charge is 0.494 e. The van der Waals surface area contributed by atoms with Gasteiger partial charge in [0.2, 0.25) is 5.91 Å². The van der Waals surface area contributed by atoms with Gasteiger partial charge < -0.3 is 9.64 Å². The van der Waals surface area contributed by atoms with Crippen molar-refractivity contribution in [3.63, 3.8) is 0 Å². The van der Waals surface area contributed by atoms with Crippen LogP contribution in [-0.2, 0) is 24.3 Å². The molecule has 1 amide bonds.